The van der Waals surface area contributed by atoms with Gasteiger partial charge in [-0.2, -0.15) is 0 Å². The first-order chi connectivity index (χ1) is 12.8. The lowest BCUT2D eigenvalue weighted by Gasteiger charge is -2.32. The molecule has 0 unspecified atom stereocenters. The standard InChI is InChI=1S/C22H32N4/c1-3-13-26-14-11-21(12-15-26)25-22(23-4-2)24-17-18-9-10-19-7-5-6-8-20(19)16-18/h5-10,16,21H,3-4,11-15,17H2,1-2H3,(H2,23,24,25). The van der Waals surface area contributed by atoms with Crippen LogP contribution in [0.2, 0.25) is 0 Å². The number of nitrogens with zero attached hydrogens (tertiary/aromatic N) is 2. The van der Waals surface area contributed by atoms with Crippen LogP contribution in [0.15, 0.2) is 47.5 Å². The number of benzene rings is 2. The predicted octanol–water partition coefficient (Wildman–Crippen LogP) is 3.77. The fourth-order valence-corrected chi connectivity index (χ4v) is 3.64. The van der Waals surface area contributed by atoms with E-state index in [1.54, 1.807) is 0 Å². The molecule has 2 aromatic rings. The number of likely N-dealkylation sites (tertiary alicyclic amines) is 1. The highest BCUT2D eigenvalue weighted by molar-refractivity contribution is 5.83. The van der Waals surface area contributed by atoms with Crippen LogP contribution in [0.4, 0.5) is 0 Å². The third-order valence-corrected chi connectivity index (χ3v) is 5.05. The van der Waals surface area contributed by atoms with Gasteiger partial charge in [-0.15, -0.1) is 0 Å². The maximum absolute atomic E-state index is 4.82. The van der Waals surface area contributed by atoms with E-state index in [2.05, 4.69) is 71.8 Å². The van der Waals surface area contributed by atoms with Gasteiger partial charge in [0.2, 0.25) is 0 Å². The Kier molecular flexibility index (Phi) is 6.89. The topological polar surface area (TPSA) is 39.7 Å². The molecular weight excluding hydrogens is 320 g/mol. The molecule has 3 rings (SSSR count). The number of hydrogen-bond acceptors (Lipinski definition) is 2. The van der Waals surface area contributed by atoms with Gasteiger partial charge in [0.15, 0.2) is 5.96 Å². The molecule has 1 aliphatic heterocycles. The Bertz CT molecular complexity index is 717. The van der Waals surface area contributed by atoms with Gasteiger partial charge in [-0.3, -0.25) is 0 Å². The molecule has 0 spiro atoms. The van der Waals surface area contributed by atoms with E-state index in [9.17, 15) is 0 Å². The minimum absolute atomic E-state index is 0.525. The molecule has 0 atom stereocenters. The van der Waals surface area contributed by atoms with E-state index in [0.717, 1.165) is 12.5 Å². The number of nitrogens with one attached hydrogen (secondary N) is 2. The van der Waals surface area contributed by atoms with E-state index >= 15 is 0 Å². The van der Waals surface area contributed by atoms with Gasteiger partial charge in [-0.05, 0) is 55.1 Å². The van der Waals surface area contributed by atoms with Crippen molar-refractivity contribution in [3.8, 4) is 0 Å². The SMILES string of the molecule is CCCN1CCC(NC(=NCc2ccc3ccccc3c2)NCC)CC1. The Hall–Kier alpha value is -2.07. The van der Waals surface area contributed by atoms with Crippen molar-refractivity contribution in [2.75, 3.05) is 26.2 Å². The second kappa shape index (κ2) is 9.58. The van der Waals surface area contributed by atoms with Crippen LogP contribution in [0.3, 0.4) is 0 Å². The maximum atomic E-state index is 4.82. The van der Waals surface area contributed by atoms with Crippen molar-refractivity contribution in [3.05, 3.63) is 48.0 Å². The summed E-state index contributed by atoms with van der Waals surface area (Å²) in [5.41, 5.74) is 1.25. The molecule has 0 saturated carbocycles. The Morgan fingerprint density at radius 2 is 1.85 bits per heavy atom. The quantitative estimate of drug-likeness (QED) is 0.614. The maximum Gasteiger partial charge on any atom is 0.191 e. The molecular formula is C22H32N4. The van der Waals surface area contributed by atoms with Crippen molar-refractivity contribution in [3.63, 3.8) is 0 Å². The highest BCUT2D eigenvalue weighted by Crippen LogP contribution is 2.16. The van der Waals surface area contributed by atoms with Crippen LogP contribution in [-0.4, -0.2) is 43.1 Å². The fourth-order valence-electron chi connectivity index (χ4n) is 3.64. The minimum atomic E-state index is 0.525. The van der Waals surface area contributed by atoms with Crippen molar-refractivity contribution in [1.29, 1.82) is 0 Å². The van der Waals surface area contributed by atoms with E-state index in [1.807, 2.05) is 0 Å². The normalized spacial score (nSPS) is 16.8. The van der Waals surface area contributed by atoms with Gasteiger partial charge in [0.05, 0.1) is 6.54 Å². The molecule has 1 fully saturated rings. The summed E-state index contributed by atoms with van der Waals surface area (Å²) in [7, 11) is 0. The lowest BCUT2D eigenvalue weighted by molar-refractivity contribution is 0.206. The number of fused-ring (bicyclic) bond motifs is 1. The Balaban J connectivity index is 1.59. The number of aliphatic imine (C=N–C) groups is 1. The van der Waals surface area contributed by atoms with Gasteiger partial charge in [0.1, 0.15) is 0 Å². The average Bonchev–Trinajstić information content (AvgIpc) is 2.68. The van der Waals surface area contributed by atoms with Crippen LogP contribution < -0.4 is 10.6 Å². The Morgan fingerprint density at radius 1 is 1.08 bits per heavy atom. The first-order valence-corrected chi connectivity index (χ1v) is 10.0. The summed E-state index contributed by atoms with van der Waals surface area (Å²) in [5.74, 6) is 0.939. The molecule has 0 aliphatic carbocycles. The summed E-state index contributed by atoms with van der Waals surface area (Å²) in [5, 5.41) is 9.60. The zero-order valence-corrected chi connectivity index (χ0v) is 16.2. The zero-order chi connectivity index (χ0) is 18.2. The molecule has 0 aromatic heterocycles. The van der Waals surface area contributed by atoms with Crippen molar-refractivity contribution in [2.24, 2.45) is 4.99 Å². The molecule has 0 radical (unpaired) electrons. The van der Waals surface area contributed by atoms with Crippen LogP contribution in [0.1, 0.15) is 38.7 Å². The van der Waals surface area contributed by atoms with Gasteiger partial charge < -0.3 is 15.5 Å². The van der Waals surface area contributed by atoms with E-state index in [4.69, 9.17) is 4.99 Å². The van der Waals surface area contributed by atoms with Gasteiger partial charge in [-0.25, -0.2) is 4.99 Å². The molecule has 1 aliphatic rings. The Labute approximate surface area is 157 Å². The molecule has 2 aromatic carbocycles. The Morgan fingerprint density at radius 3 is 2.58 bits per heavy atom. The molecule has 26 heavy (non-hydrogen) atoms. The van der Waals surface area contributed by atoms with Crippen LogP contribution in [0.5, 0.6) is 0 Å². The predicted molar refractivity (Wildman–Crippen MR) is 112 cm³/mol. The van der Waals surface area contributed by atoms with Crippen molar-refractivity contribution >= 4 is 16.7 Å². The second-order valence-corrected chi connectivity index (χ2v) is 7.14. The number of hydrogen-bond donors (Lipinski definition) is 2. The molecule has 4 nitrogen and oxygen atoms in total. The zero-order valence-electron chi connectivity index (χ0n) is 16.2. The summed E-state index contributed by atoms with van der Waals surface area (Å²) in [4.78, 5) is 7.39. The number of rotatable bonds is 6. The van der Waals surface area contributed by atoms with E-state index in [1.165, 1.54) is 55.2 Å². The lowest BCUT2D eigenvalue weighted by Crippen LogP contribution is -2.48. The second-order valence-electron chi connectivity index (χ2n) is 7.14. The summed E-state index contributed by atoms with van der Waals surface area (Å²) in [6.45, 7) is 9.57. The largest absolute Gasteiger partial charge is 0.357 e. The van der Waals surface area contributed by atoms with Crippen molar-refractivity contribution in [1.82, 2.24) is 15.5 Å². The highest BCUT2D eigenvalue weighted by Gasteiger charge is 2.19. The van der Waals surface area contributed by atoms with E-state index in [-0.39, 0.29) is 0 Å². The molecule has 1 saturated heterocycles. The van der Waals surface area contributed by atoms with Crippen LogP contribution >= 0.6 is 0 Å². The van der Waals surface area contributed by atoms with E-state index in [0.29, 0.717) is 12.6 Å². The first kappa shape index (κ1) is 18.7. The number of piperidine rings is 1. The summed E-state index contributed by atoms with van der Waals surface area (Å²) < 4.78 is 0. The van der Waals surface area contributed by atoms with E-state index < -0.39 is 0 Å². The molecule has 2 N–H and O–H groups in total. The summed E-state index contributed by atoms with van der Waals surface area (Å²) in [6, 6.07) is 15.6. The van der Waals surface area contributed by atoms with Gasteiger partial charge in [0.25, 0.3) is 0 Å². The summed E-state index contributed by atoms with van der Waals surface area (Å²) in [6.07, 6.45) is 3.63. The third kappa shape index (κ3) is 5.21. The van der Waals surface area contributed by atoms with Gasteiger partial charge in [-0.1, -0.05) is 43.3 Å². The highest BCUT2D eigenvalue weighted by atomic mass is 15.2. The average molecular weight is 353 g/mol. The van der Waals surface area contributed by atoms with Gasteiger partial charge in [0, 0.05) is 25.7 Å². The molecule has 140 valence electrons. The van der Waals surface area contributed by atoms with Crippen LogP contribution in [-0.2, 0) is 6.54 Å². The molecule has 1 heterocycles. The van der Waals surface area contributed by atoms with Crippen LogP contribution in [0, 0.1) is 0 Å². The molecule has 0 bridgehead atoms. The number of guanidine groups is 1. The smallest absolute Gasteiger partial charge is 0.191 e. The van der Waals surface area contributed by atoms with Crippen LogP contribution in [0.25, 0.3) is 10.8 Å². The lowest BCUT2D eigenvalue weighted by atomic mass is 10.1. The molecule has 0 amide bonds. The molecule has 4 heteroatoms. The van der Waals surface area contributed by atoms with Crippen molar-refractivity contribution in [2.45, 2.75) is 45.7 Å². The fraction of sp³-hybridized carbons (Fsp3) is 0.500. The third-order valence-electron chi connectivity index (χ3n) is 5.05. The van der Waals surface area contributed by atoms with Crippen molar-refractivity contribution < 1.29 is 0 Å². The van der Waals surface area contributed by atoms with Gasteiger partial charge >= 0.3 is 0 Å². The monoisotopic (exact) mass is 352 g/mol. The first-order valence-electron chi connectivity index (χ1n) is 10.0. The summed E-state index contributed by atoms with van der Waals surface area (Å²) >= 11 is 0. The minimum Gasteiger partial charge on any atom is -0.357 e.